The zero-order valence-electron chi connectivity index (χ0n) is 14.9. The largest absolute Gasteiger partial charge is 0.349 e. The maximum absolute atomic E-state index is 12.3. The van der Waals surface area contributed by atoms with Gasteiger partial charge in [-0.25, -0.2) is 9.97 Å². The lowest BCUT2D eigenvalue weighted by Crippen LogP contribution is -2.50. The lowest BCUT2D eigenvalue weighted by Gasteiger charge is -2.35. The highest BCUT2D eigenvalue weighted by Gasteiger charge is 2.28. The Morgan fingerprint density at radius 2 is 1.92 bits per heavy atom. The Morgan fingerprint density at radius 1 is 1.23 bits per heavy atom. The number of aryl methyl sites for hydroxylation is 1. The van der Waals surface area contributed by atoms with Crippen LogP contribution in [0.15, 0.2) is 30.9 Å². The third-order valence-electron chi connectivity index (χ3n) is 4.56. The molecule has 0 bridgehead atoms. The van der Waals surface area contributed by atoms with Gasteiger partial charge in [0.15, 0.2) is 0 Å². The number of nitrogens with one attached hydrogen (secondary N) is 2. The van der Waals surface area contributed by atoms with Crippen LogP contribution in [0.1, 0.15) is 30.1 Å². The van der Waals surface area contributed by atoms with Gasteiger partial charge in [0.1, 0.15) is 0 Å². The zero-order chi connectivity index (χ0) is 18.5. The predicted molar refractivity (Wildman–Crippen MR) is 95.4 cm³/mol. The van der Waals surface area contributed by atoms with Crippen LogP contribution in [-0.4, -0.2) is 61.6 Å². The van der Waals surface area contributed by atoms with E-state index in [0.717, 1.165) is 25.9 Å². The minimum Gasteiger partial charge on any atom is -0.349 e. The van der Waals surface area contributed by atoms with Crippen molar-refractivity contribution < 1.29 is 9.59 Å². The summed E-state index contributed by atoms with van der Waals surface area (Å²) in [4.78, 5) is 34.7. The van der Waals surface area contributed by atoms with Gasteiger partial charge in [0.05, 0.1) is 17.8 Å². The van der Waals surface area contributed by atoms with Gasteiger partial charge in [-0.2, -0.15) is 5.10 Å². The summed E-state index contributed by atoms with van der Waals surface area (Å²) in [5.41, 5.74) is 0.561. The minimum atomic E-state index is -0.284. The van der Waals surface area contributed by atoms with Crippen molar-refractivity contribution in [3.8, 4) is 0 Å². The monoisotopic (exact) mass is 357 g/mol. The summed E-state index contributed by atoms with van der Waals surface area (Å²) in [5, 5.41) is 9.77. The lowest BCUT2D eigenvalue weighted by molar-refractivity contribution is -0.121. The number of rotatable bonds is 5. The van der Waals surface area contributed by atoms with Crippen LogP contribution >= 0.6 is 0 Å². The third kappa shape index (κ3) is 4.42. The number of carbonyl (C=O) groups is 2. The number of hydrogen-bond acceptors (Lipinski definition) is 6. The number of anilines is 1. The van der Waals surface area contributed by atoms with Crippen LogP contribution in [0.3, 0.4) is 0 Å². The van der Waals surface area contributed by atoms with Gasteiger partial charge >= 0.3 is 0 Å². The Morgan fingerprint density at radius 3 is 2.54 bits per heavy atom. The van der Waals surface area contributed by atoms with Crippen molar-refractivity contribution in [1.29, 1.82) is 0 Å². The summed E-state index contributed by atoms with van der Waals surface area (Å²) in [6, 6.07) is 1.52. The van der Waals surface area contributed by atoms with Crippen LogP contribution < -0.4 is 10.6 Å². The SMILES string of the molecule is CC(C(=O)Nc1ncccn1)N1CCC(NC(=O)c2cnn(C)c2)CC1. The number of aromatic nitrogens is 4. The minimum absolute atomic E-state index is 0.103. The van der Waals surface area contributed by atoms with Gasteiger partial charge in [0.2, 0.25) is 11.9 Å². The van der Waals surface area contributed by atoms with E-state index in [1.54, 1.807) is 42.6 Å². The van der Waals surface area contributed by atoms with Gasteiger partial charge in [-0.05, 0) is 25.8 Å². The fourth-order valence-electron chi connectivity index (χ4n) is 2.98. The van der Waals surface area contributed by atoms with E-state index < -0.39 is 0 Å². The first-order valence-electron chi connectivity index (χ1n) is 8.64. The molecule has 26 heavy (non-hydrogen) atoms. The van der Waals surface area contributed by atoms with E-state index in [1.165, 1.54) is 0 Å². The number of carbonyl (C=O) groups excluding carboxylic acids is 2. The summed E-state index contributed by atoms with van der Waals surface area (Å²) >= 11 is 0. The zero-order valence-corrected chi connectivity index (χ0v) is 14.9. The van der Waals surface area contributed by atoms with Crippen molar-refractivity contribution in [1.82, 2.24) is 30.0 Å². The molecule has 0 radical (unpaired) electrons. The molecule has 2 amide bonds. The van der Waals surface area contributed by atoms with E-state index in [1.807, 2.05) is 6.92 Å². The second-order valence-corrected chi connectivity index (χ2v) is 6.42. The third-order valence-corrected chi connectivity index (χ3v) is 4.56. The molecule has 138 valence electrons. The smallest absolute Gasteiger partial charge is 0.254 e. The fraction of sp³-hybridized carbons (Fsp3) is 0.471. The van der Waals surface area contributed by atoms with Crippen molar-refractivity contribution in [2.24, 2.45) is 7.05 Å². The van der Waals surface area contributed by atoms with E-state index in [0.29, 0.717) is 11.5 Å². The van der Waals surface area contributed by atoms with Crippen molar-refractivity contribution in [3.05, 3.63) is 36.4 Å². The second-order valence-electron chi connectivity index (χ2n) is 6.42. The molecule has 1 fully saturated rings. The first-order valence-corrected chi connectivity index (χ1v) is 8.64. The van der Waals surface area contributed by atoms with Gasteiger partial charge in [0, 0.05) is 44.8 Å². The highest BCUT2D eigenvalue weighted by molar-refractivity contribution is 5.94. The second kappa shape index (κ2) is 8.05. The maximum atomic E-state index is 12.3. The molecule has 0 saturated carbocycles. The molecule has 1 unspecified atom stereocenters. The van der Waals surface area contributed by atoms with E-state index >= 15 is 0 Å². The number of likely N-dealkylation sites (tertiary alicyclic amines) is 1. The molecule has 9 nitrogen and oxygen atoms in total. The Kier molecular flexibility index (Phi) is 5.57. The normalized spacial score (nSPS) is 16.8. The lowest BCUT2D eigenvalue weighted by atomic mass is 10.0. The number of nitrogens with zero attached hydrogens (tertiary/aromatic N) is 5. The molecule has 9 heteroatoms. The van der Waals surface area contributed by atoms with Crippen molar-refractivity contribution in [3.63, 3.8) is 0 Å². The van der Waals surface area contributed by atoms with Gasteiger partial charge in [-0.15, -0.1) is 0 Å². The molecule has 3 rings (SSSR count). The standard InChI is InChI=1S/C17H23N7O2/c1-12(15(25)22-17-18-6-3-7-19-17)24-8-4-14(5-9-24)21-16(26)13-10-20-23(2)11-13/h3,6-7,10-12,14H,4-5,8-9H2,1-2H3,(H,21,26)(H,18,19,22,25). The molecule has 3 heterocycles. The highest BCUT2D eigenvalue weighted by Crippen LogP contribution is 2.15. The average molecular weight is 357 g/mol. The Labute approximate surface area is 151 Å². The van der Waals surface area contributed by atoms with Crippen LogP contribution in [0.25, 0.3) is 0 Å². The maximum Gasteiger partial charge on any atom is 0.254 e. The van der Waals surface area contributed by atoms with Crippen molar-refractivity contribution in [2.75, 3.05) is 18.4 Å². The number of piperidine rings is 1. The van der Waals surface area contributed by atoms with Gasteiger partial charge in [0.25, 0.3) is 5.91 Å². The predicted octanol–water partition coefficient (Wildman–Crippen LogP) is 0.432. The van der Waals surface area contributed by atoms with Crippen LogP contribution in [0.2, 0.25) is 0 Å². The molecule has 2 aromatic rings. The summed E-state index contributed by atoms with van der Waals surface area (Å²) in [6.07, 6.45) is 8.02. The molecule has 0 aliphatic carbocycles. The first kappa shape index (κ1) is 18.0. The fourth-order valence-corrected chi connectivity index (χ4v) is 2.98. The van der Waals surface area contributed by atoms with Gasteiger partial charge in [-0.3, -0.25) is 24.5 Å². The Bertz CT molecular complexity index is 753. The van der Waals surface area contributed by atoms with E-state index in [-0.39, 0.29) is 23.9 Å². The molecule has 0 aromatic carbocycles. The molecule has 2 N–H and O–H groups in total. The highest BCUT2D eigenvalue weighted by atomic mass is 16.2. The van der Waals surface area contributed by atoms with Crippen LogP contribution in [0, 0.1) is 0 Å². The summed E-state index contributed by atoms with van der Waals surface area (Å²) < 4.78 is 1.61. The van der Waals surface area contributed by atoms with Crippen LogP contribution in [0.5, 0.6) is 0 Å². The molecular formula is C17H23N7O2. The summed E-state index contributed by atoms with van der Waals surface area (Å²) in [5.74, 6) is 0.0700. The Balaban J connectivity index is 1.47. The van der Waals surface area contributed by atoms with Gasteiger partial charge in [-0.1, -0.05) is 0 Å². The van der Waals surface area contributed by atoms with Crippen LogP contribution in [0.4, 0.5) is 5.95 Å². The topological polar surface area (TPSA) is 105 Å². The first-order chi connectivity index (χ1) is 12.5. The Hall–Kier alpha value is -2.81. The number of amides is 2. The van der Waals surface area contributed by atoms with E-state index in [2.05, 4.69) is 30.6 Å². The van der Waals surface area contributed by atoms with Gasteiger partial charge < -0.3 is 5.32 Å². The average Bonchev–Trinajstić information content (AvgIpc) is 3.09. The molecule has 1 aliphatic heterocycles. The quantitative estimate of drug-likeness (QED) is 0.804. The van der Waals surface area contributed by atoms with E-state index in [9.17, 15) is 9.59 Å². The molecular weight excluding hydrogens is 334 g/mol. The van der Waals surface area contributed by atoms with E-state index in [4.69, 9.17) is 0 Å². The molecule has 1 atom stereocenters. The summed E-state index contributed by atoms with van der Waals surface area (Å²) in [6.45, 7) is 3.34. The number of hydrogen-bond donors (Lipinski definition) is 2. The van der Waals surface area contributed by atoms with Crippen molar-refractivity contribution >= 4 is 17.8 Å². The molecule has 0 spiro atoms. The molecule has 2 aromatic heterocycles. The summed E-state index contributed by atoms with van der Waals surface area (Å²) in [7, 11) is 1.78. The van der Waals surface area contributed by atoms with Crippen LogP contribution in [-0.2, 0) is 11.8 Å². The van der Waals surface area contributed by atoms with Crippen molar-refractivity contribution in [2.45, 2.75) is 31.8 Å². The molecule has 1 saturated heterocycles. The molecule has 1 aliphatic rings.